The zero-order valence-corrected chi connectivity index (χ0v) is 13.5. The van der Waals surface area contributed by atoms with Gasteiger partial charge in [0, 0.05) is 17.0 Å². The van der Waals surface area contributed by atoms with Gasteiger partial charge in [0.15, 0.2) is 11.5 Å². The fourth-order valence-corrected chi connectivity index (χ4v) is 2.57. The molecule has 1 heterocycles. The first-order valence-corrected chi connectivity index (χ1v) is 7.66. The predicted molar refractivity (Wildman–Crippen MR) is 93.2 cm³/mol. The first-order chi connectivity index (χ1) is 12.1. The molecule has 2 aromatic carbocycles. The standard InChI is InChI=1S/C19H16N2O4/c1-25-19(24)17(12-7-3-2-4-8-12)21-18(23)15-11-16(22)13-9-5-6-10-14(13)20-15/h2-11,17H,1H3,(H,20,22)(H,21,23)/t17-/m0/s1. The topological polar surface area (TPSA) is 88.3 Å². The number of fused-ring (bicyclic) bond motifs is 1. The molecule has 3 aromatic rings. The SMILES string of the molecule is COC(=O)[C@@H](NC(=O)c1cc(=O)c2ccccc2[nH]1)c1ccccc1. The highest BCUT2D eigenvalue weighted by Gasteiger charge is 2.24. The van der Waals surface area contributed by atoms with Crippen LogP contribution in [0.15, 0.2) is 65.5 Å². The van der Waals surface area contributed by atoms with Crippen LogP contribution in [0.1, 0.15) is 22.1 Å². The summed E-state index contributed by atoms with van der Waals surface area (Å²) >= 11 is 0. The molecule has 0 aliphatic rings. The number of pyridine rings is 1. The molecule has 6 heteroatoms. The van der Waals surface area contributed by atoms with Gasteiger partial charge >= 0.3 is 5.97 Å². The van der Waals surface area contributed by atoms with E-state index in [0.29, 0.717) is 16.5 Å². The van der Waals surface area contributed by atoms with Crippen molar-refractivity contribution in [2.45, 2.75) is 6.04 Å². The van der Waals surface area contributed by atoms with E-state index in [1.807, 2.05) is 0 Å². The number of hydrogen-bond donors (Lipinski definition) is 2. The van der Waals surface area contributed by atoms with Crippen molar-refractivity contribution in [2.75, 3.05) is 7.11 Å². The maximum Gasteiger partial charge on any atom is 0.333 e. The normalized spacial score (nSPS) is 11.7. The Hall–Kier alpha value is -3.41. The van der Waals surface area contributed by atoms with E-state index in [0.717, 1.165) is 0 Å². The summed E-state index contributed by atoms with van der Waals surface area (Å²) in [5, 5.41) is 3.10. The zero-order chi connectivity index (χ0) is 17.8. The van der Waals surface area contributed by atoms with E-state index in [4.69, 9.17) is 4.74 Å². The third-order valence-corrected chi connectivity index (χ3v) is 3.83. The van der Waals surface area contributed by atoms with Gasteiger partial charge in [0.25, 0.3) is 5.91 Å². The number of benzene rings is 2. The van der Waals surface area contributed by atoms with Crippen LogP contribution in [0, 0.1) is 0 Å². The smallest absolute Gasteiger partial charge is 0.333 e. The summed E-state index contributed by atoms with van der Waals surface area (Å²) in [5.41, 5.74) is 0.947. The first-order valence-electron chi connectivity index (χ1n) is 7.66. The molecule has 126 valence electrons. The predicted octanol–water partition coefficient (Wildman–Crippen LogP) is 2.17. The molecular weight excluding hydrogens is 320 g/mol. The lowest BCUT2D eigenvalue weighted by atomic mass is 10.1. The van der Waals surface area contributed by atoms with Crippen LogP contribution in [0.4, 0.5) is 0 Å². The summed E-state index contributed by atoms with van der Waals surface area (Å²) in [7, 11) is 1.25. The number of aromatic amines is 1. The van der Waals surface area contributed by atoms with Crippen LogP contribution in [0.25, 0.3) is 10.9 Å². The number of ether oxygens (including phenoxy) is 1. The molecule has 1 aromatic heterocycles. The van der Waals surface area contributed by atoms with E-state index >= 15 is 0 Å². The average Bonchev–Trinajstić information content (AvgIpc) is 2.66. The van der Waals surface area contributed by atoms with E-state index in [9.17, 15) is 14.4 Å². The second-order valence-electron chi connectivity index (χ2n) is 5.43. The Labute approximate surface area is 143 Å². The van der Waals surface area contributed by atoms with E-state index < -0.39 is 17.9 Å². The molecule has 0 aliphatic heterocycles. The molecule has 0 aliphatic carbocycles. The summed E-state index contributed by atoms with van der Waals surface area (Å²) in [6.45, 7) is 0. The number of hydrogen-bond acceptors (Lipinski definition) is 4. The number of para-hydroxylation sites is 1. The van der Waals surface area contributed by atoms with Crippen LogP contribution >= 0.6 is 0 Å². The fraction of sp³-hybridized carbons (Fsp3) is 0.105. The molecule has 0 spiro atoms. The number of esters is 1. The molecule has 6 nitrogen and oxygen atoms in total. The average molecular weight is 336 g/mol. The Morgan fingerprint density at radius 2 is 1.72 bits per heavy atom. The second-order valence-corrected chi connectivity index (χ2v) is 5.43. The summed E-state index contributed by atoms with van der Waals surface area (Å²) in [6.07, 6.45) is 0. The molecule has 0 unspecified atom stereocenters. The number of amides is 1. The number of H-pyrrole nitrogens is 1. The Morgan fingerprint density at radius 3 is 2.44 bits per heavy atom. The highest BCUT2D eigenvalue weighted by molar-refractivity contribution is 5.97. The molecular formula is C19H16N2O4. The van der Waals surface area contributed by atoms with E-state index in [1.54, 1.807) is 54.6 Å². The van der Waals surface area contributed by atoms with Crippen LogP contribution < -0.4 is 10.7 Å². The van der Waals surface area contributed by atoms with Gasteiger partial charge in [0.2, 0.25) is 0 Å². The van der Waals surface area contributed by atoms with Crippen molar-refractivity contribution < 1.29 is 14.3 Å². The second kappa shape index (κ2) is 7.00. The van der Waals surface area contributed by atoms with Crippen molar-refractivity contribution in [1.82, 2.24) is 10.3 Å². The van der Waals surface area contributed by atoms with Gasteiger partial charge in [-0.05, 0) is 17.7 Å². The molecule has 0 saturated heterocycles. The van der Waals surface area contributed by atoms with Gasteiger partial charge in [-0.25, -0.2) is 4.79 Å². The number of methoxy groups -OCH3 is 1. The summed E-state index contributed by atoms with van der Waals surface area (Å²) < 4.78 is 4.77. The van der Waals surface area contributed by atoms with Crippen molar-refractivity contribution in [3.8, 4) is 0 Å². The van der Waals surface area contributed by atoms with E-state index in [-0.39, 0.29) is 11.1 Å². The first kappa shape index (κ1) is 16.4. The minimum absolute atomic E-state index is 0.0773. The maximum atomic E-state index is 12.6. The molecule has 2 N–H and O–H groups in total. The fourth-order valence-electron chi connectivity index (χ4n) is 2.57. The highest BCUT2D eigenvalue weighted by Crippen LogP contribution is 2.15. The van der Waals surface area contributed by atoms with Gasteiger partial charge in [-0.1, -0.05) is 42.5 Å². The Kier molecular flexibility index (Phi) is 4.61. The van der Waals surface area contributed by atoms with Crippen molar-refractivity contribution in [2.24, 2.45) is 0 Å². The monoisotopic (exact) mass is 336 g/mol. The number of carbonyl (C=O) groups is 2. The minimum atomic E-state index is -0.964. The van der Waals surface area contributed by atoms with E-state index in [2.05, 4.69) is 10.3 Å². The third kappa shape index (κ3) is 3.42. The van der Waals surface area contributed by atoms with Crippen LogP contribution in [0.5, 0.6) is 0 Å². The molecule has 1 atom stereocenters. The van der Waals surface area contributed by atoms with Crippen LogP contribution in [0.2, 0.25) is 0 Å². The Morgan fingerprint density at radius 1 is 1.04 bits per heavy atom. The molecule has 25 heavy (non-hydrogen) atoms. The van der Waals surface area contributed by atoms with Crippen molar-refractivity contribution in [3.05, 3.63) is 82.1 Å². The number of carbonyl (C=O) groups excluding carboxylic acids is 2. The maximum absolute atomic E-state index is 12.6. The summed E-state index contributed by atoms with van der Waals surface area (Å²) in [5.74, 6) is -1.16. The van der Waals surface area contributed by atoms with Crippen molar-refractivity contribution in [3.63, 3.8) is 0 Å². The zero-order valence-electron chi connectivity index (χ0n) is 13.5. The van der Waals surface area contributed by atoms with E-state index in [1.165, 1.54) is 13.2 Å². The molecule has 0 fully saturated rings. The molecule has 0 radical (unpaired) electrons. The number of nitrogens with one attached hydrogen (secondary N) is 2. The highest BCUT2D eigenvalue weighted by atomic mass is 16.5. The molecule has 0 saturated carbocycles. The van der Waals surface area contributed by atoms with Crippen molar-refractivity contribution >= 4 is 22.8 Å². The lowest BCUT2D eigenvalue weighted by molar-refractivity contribution is -0.143. The quantitative estimate of drug-likeness (QED) is 0.715. The number of aromatic nitrogens is 1. The third-order valence-electron chi connectivity index (χ3n) is 3.83. The van der Waals surface area contributed by atoms with Gasteiger partial charge < -0.3 is 15.0 Å². The Bertz CT molecular complexity index is 979. The summed E-state index contributed by atoms with van der Waals surface area (Å²) in [4.78, 5) is 39.7. The van der Waals surface area contributed by atoms with Gasteiger partial charge in [-0.3, -0.25) is 9.59 Å². The lowest BCUT2D eigenvalue weighted by Gasteiger charge is -2.17. The largest absolute Gasteiger partial charge is 0.467 e. The molecule has 1 amide bonds. The molecule has 0 bridgehead atoms. The van der Waals surface area contributed by atoms with Gasteiger partial charge in [0.1, 0.15) is 5.69 Å². The lowest BCUT2D eigenvalue weighted by Crippen LogP contribution is -2.35. The minimum Gasteiger partial charge on any atom is -0.467 e. The van der Waals surface area contributed by atoms with Gasteiger partial charge in [0.05, 0.1) is 7.11 Å². The Balaban J connectivity index is 1.94. The van der Waals surface area contributed by atoms with Crippen molar-refractivity contribution in [1.29, 1.82) is 0 Å². The van der Waals surface area contributed by atoms with Crippen LogP contribution in [-0.2, 0) is 9.53 Å². The van der Waals surface area contributed by atoms with Gasteiger partial charge in [-0.2, -0.15) is 0 Å². The number of rotatable bonds is 4. The van der Waals surface area contributed by atoms with Crippen LogP contribution in [0.3, 0.4) is 0 Å². The van der Waals surface area contributed by atoms with Crippen LogP contribution in [-0.4, -0.2) is 24.0 Å². The van der Waals surface area contributed by atoms with Gasteiger partial charge in [-0.15, -0.1) is 0 Å². The summed E-state index contributed by atoms with van der Waals surface area (Å²) in [6, 6.07) is 15.9. The molecule has 3 rings (SSSR count).